The standard InChI is InChI=1S/C17H14ClN3O/c18-16-9-15(6-5-13(16)10-19)20-17(22)21-8-7-12-3-1-2-4-14(12)11-21/h1-6,9H,7-8,11H2,(H,20,22). The molecule has 0 aliphatic carbocycles. The van der Waals surface area contributed by atoms with E-state index in [9.17, 15) is 4.79 Å². The van der Waals surface area contributed by atoms with Gasteiger partial charge in [0, 0.05) is 18.8 Å². The minimum atomic E-state index is -0.157. The minimum absolute atomic E-state index is 0.157. The molecule has 0 saturated heterocycles. The molecule has 2 aromatic rings. The molecule has 2 aromatic carbocycles. The van der Waals surface area contributed by atoms with Crippen molar-refractivity contribution in [3.63, 3.8) is 0 Å². The SMILES string of the molecule is N#Cc1ccc(NC(=O)N2CCc3ccccc3C2)cc1Cl. The Kier molecular flexibility index (Phi) is 3.99. The van der Waals surface area contributed by atoms with Gasteiger partial charge in [-0.15, -0.1) is 0 Å². The number of rotatable bonds is 1. The van der Waals surface area contributed by atoms with E-state index in [1.807, 2.05) is 24.3 Å². The largest absolute Gasteiger partial charge is 0.322 e. The lowest BCUT2D eigenvalue weighted by Gasteiger charge is -2.29. The molecule has 0 aromatic heterocycles. The van der Waals surface area contributed by atoms with Crippen LogP contribution in [0.3, 0.4) is 0 Å². The van der Waals surface area contributed by atoms with Gasteiger partial charge in [-0.3, -0.25) is 0 Å². The highest BCUT2D eigenvalue weighted by atomic mass is 35.5. The fourth-order valence-corrected chi connectivity index (χ4v) is 2.78. The third kappa shape index (κ3) is 2.90. The monoisotopic (exact) mass is 311 g/mol. The Morgan fingerprint density at radius 3 is 2.73 bits per heavy atom. The van der Waals surface area contributed by atoms with Gasteiger partial charge >= 0.3 is 6.03 Å². The molecule has 1 aliphatic rings. The van der Waals surface area contributed by atoms with E-state index in [2.05, 4.69) is 11.4 Å². The summed E-state index contributed by atoms with van der Waals surface area (Å²) >= 11 is 5.98. The summed E-state index contributed by atoms with van der Waals surface area (Å²) in [6, 6.07) is 14.9. The van der Waals surface area contributed by atoms with Crippen molar-refractivity contribution in [1.29, 1.82) is 5.26 Å². The zero-order chi connectivity index (χ0) is 15.5. The Hall–Kier alpha value is -2.51. The van der Waals surface area contributed by atoms with Gasteiger partial charge in [-0.2, -0.15) is 5.26 Å². The predicted octanol–water partition coefficient (Wildman–Crippen LogP) is 3.80. The van der Waals surface area contributed by atoms with E-state index < -0.39 is 0 Å². The van der Waals surface area contributed by atoms with Crippen molar-refractivity contribution in [3.8, 4) is 6.07 Å². The molecule has 3 rings (SSSR count). The lowest BCUT2D eigenvalue weighted by molar-refractivity contribution is 0.206. The number of amides is 2. The van der Waals surface area contributed by atoms with Gasteiger partial charge in [0.25, 0.3) is 0 Å². The Labute approximate surface area is 133 Å². The molecule has 0 radical (unpaired) electrons. The Balaban J connectivity index is 1.71. The minimum Gasteiger partial charge on any atom is -0.320 e. The van der Waals surface area contributed by atoms with Crippen LogP contribution >= 0.6 is 11.6 Å². The van der Waals surface area contributed by atoms with Crippen molar-refractivity contribution in [2.75, 3.05) is 11.9 Å². The van der Waals surface area contributed by atoms with Crippen LogP contribution in [0.4, 0.5) is 10.5 Å². The maximum atomic E-state index is 12.3. The van der Waals surface area contributed by atoms with Crippen molar-refractivity contribution in [1.82, 2.24) is 4.90 Å². The molecule has 22 heavy (non-hydrogen) atoms. The number of nitriles is 1. The van der Waals surface area contributed by atoms with E-state index >= 15 is 0 Å². The molecule has 0 spiro atoms. The number of nitrogens with one attached hydrogen (secondary N) is 1. The molecule has 0 fully saturated rings. The van der Waals surface area contributed by atoms with Crippen LogP contribution in [0.25, 0.3) is 0 Å². The van der Waals surface area contributed by atoms with Crippen LogP contribution in [0.15, 0.2) is 42.5 Å². The highest BCUT2D eigenvalue weighted by molar-refractivity contribution is 6.32. The van der Waals surface area contributed by atoms with Crippen molar-refractivity contribution in [2.24, 2.45) is 0 Å². The Morgan fingerprint density at radius 1 is 1.23 bits per heavy atom. The quantitative estimate of drug-likeness (QED) is 0.871. The van der Waals surface area contributed by atoms with Crippen LogP contribution in [0.1, 0.15) is 16.7 Å². The van der Waals surface area contributed by atoms with Crippen LogP contribution in [0.2, 0.25) is 5.02 Å². The van der Waals surface area contributed by atoms with Crippen LogP contribution in [0, 0.1) is 11.3 Å². The number of nitrogens with zero attached hydrogens (tertiary/aromatic N) is 2. The summed E-state index contributed by atoms with van der Waals surface area (Å²) in [6.07, 6.45) is 0.859. The number of fused-ring (bicyclic) bond motifs is 1. The van der Waals surface area contributed by atoms with E-state index in [0.29, 0.717) is 29.4 Å². The first-order valence-electron chi connectivity index (χ1n) is 7.00. The number of carbonyl (C=O) groups is 1. The van der Waals surface area contributed by atoms with Crippen LogP contribution in [-0.4, -0.2) is 17.5 Å². The number of anilines is 1. The maximum absolute atomic E-state index is 12.3. The maximum Gasteiger partial charge on any atom is 0.322 e. The third-order valence-corrected chi connectivity index (χ3v) is 4.07. The number of carbonyl (C=O) groups excluding carboxylic acids is 1. The topological polar surface area (TPSA) is 56.1 Å². The molecule has 110 valence electrons. The first-order chi connectivity index (χ1) is 10.7. The molecule has 0 saturated carbocycles. The third-order valence-electron chi connectivity index (χ3n) is 3.76. The lowest BCUT2D eigenvalue weighted by atomic mass is 10.0. The summed E-state index contributed by atoms with van der Waals surface area (Å²) in [5.41, 5.74) is 3.47. The predicted molar refractivity (Wildman–Crippen MR) is 85.7 cm³/mol. The van der Waals surface area contributed by atoms with Gasteiger partial charge in [-0.1, -0.05) is 35.9 Å². The molecule has 5 heteroatoms. The molecule has 1 aliphatic heterocycles. The number of hydrogen-bond acceptors (Lipinski definition) is 2. The highest BCUT2D eigenvalue weighted by Crippen LogP contribution is 2.22. The van der Waals surface area contributed by atoms with Crippen molar-refractivity contribution in [2.45, 2.75) is 13.0 Å². The van der Waals surface area contributed by atoms with Crippen LogP contribution in [-0.2, 0) is 13.0 Å². The molecule has 4 nitrogen and oxygen atoms in total. The second-order valence-corrected chi connectivity index (χ2v) is 5.58. The van der Waals surface area contributed by atoms with Gasteiger partial charge < -0.3 is 10.2 Å². The van der Waals surface area contributed by atoms with E-state index in [4.69, 9.17) is 16.9 Å². The van der Waals surface area contributed by atoms with Crippen LogP contribution in [0.5, 0.6) is 0 Å². The summed E-state index contributed by atoms with van der Waals surface area (Å²) in [5.74, 6) is 0. The van der Waals surface area contributed by atoms with Gasteiger partial charge in [0.15, 0.2) is 0 Å². The summed E-state index contributed by atoms with van der Waals surface area (Å²) < 4.78 is 0. The van der Waals surface area contributed by atoms with E-state index in [1.54, 1.807) is 23.1 Å². The van der Waals surface area contributed by atoms with Gasteiger partial charge in [0.2, 0.25) is 0 Å². The van der Waals surface area contributed by atoms with E-state index in [0.717, 1.165) is 6.42 Å². The Bertz CT molecular complexity index is 767. The van der Waals surface area contributed by atoms with Crippen molar-refractivity contribution >= 4 is 23.3 Å². The van der Waals surface area contributed by atoms with Gasteiger partial charge in [0.05, 0.1) is 10.6 Å². The van der Waals surface area contributed by atoms with E-state index in [-0.39, 0.29) is 6.03 Å². The van der Waals surface area contributed by atoms with Gasteiger partial charge in [0.1, 0.15) is 6.07 Å². The second-order valence-electron chi connectivity index (χ2n) is 5.18. The summed E-state index contributed by atoms with van der Waals surface area (Å²) in [5, 5.41) is 12.0. The first-order valence-corrected chi connectivity index (χ1v) is 7.37. The molecule has 0 atom stereocenters. The molecular formula is C17H14ClN3O. The lowest BCUT2D eigenvalue weighted by Crippen LogP contribution is -2.38. The second kappa shape index (κ2) is 6.08. The molecule has 0 bridgehead atoms. The zero-order valence-electron chi connectivity index (χ0n) is 11.8. The van der Waals surface area contributed by atoms with Gasteiger partial charge in [-0.25, -0.2) is 4.79 Å². The molecule has 1 heterocycles. The summed E-state index contributed by atoms with van der Waals surface area (Å²) in [6.45, 7) is 1.29. The first kappa shape index (κ1) is 14.4. The molecular weight excluding hydrogens is 298 g/mol. The van der Waals surface area contributed by atoms with Crippen molar-refractivity contribution < 1.29 is 4.79 Å². The van der Waals surface area contributed by atoms with Crippen molar-refractivity contribution in [3.05, 3.63) is 64.2 Å². The van der Waals surface area contributed by atoms with E-state index in [1.165, 1.54) is 11.1 Å². The normalized spacial score (nSPS) is 13.2. The number of benzene rings is 2. The average molecular weight is 312 g/mol. The van der Waals surface area contributed by atoms with Gasteiger partial charge in [-0.05, 0) is 35.7 Å². The Morgan fingerprint density at radius 2 is 2.00 bits per heavy atom. The summed E-state index contributed by atoms with van der Waals surface area (Å²) in [4.78, 5) is 14.1. The number of halogens is 1. The average Bonchev–Trinajstić information content (AvgIpc) is 2.54. The summed E-state index contributed by atoms with van der Waals surface area (Å²) in [7, 11) is 0. The smallest absolute Gasteiger partial charge is 0.320 e. The molecule has 1 N–H and O–H groups in total. The fraction of sp³-hybridized carbons (Fsp3) is 0.176. The number of hydrogen-bond donors (Lipinski definition) is 1. The molecule has 2 amide bonds. The molecule has 0 unspecified atom stereocenters. The zero-order valence-corrected chi connectivity index (χ0v) is 12.6. The van der Waals surface area contributed by atoms with Crippen LogP contribution < -0.4 is 5.32 Å². The highest BCUT2D eigenvalue weighted by Gasteiger charge is 2.20. The fourth-order valence-electron chi connectivity index (χ4n) is 2.56. The number of urea groups is 1.